The summed E-state index contributed by atoms with van der Waals surface area (Å²) in [5.41, 5.74) is -0.633. The molecule has 0 radical (unpaired) electrons. The van der Waals surface area contributed by atoms with Crippen LogP contribution in [0.25, 0.3) is 0 Å². The highest BCUT2D eigenvalue weighted by atomic mass is 16.5. The molecule has 1 N–H and O–H groups in total. The molecule has 1 rings (SSSR count). The molecular weight excluding hydrogens is 202 g/mol. The topological polar surface area (TPSA) is 53.2 Å². The fourth-order valence-electron chi connectivity index (χ4n) is 2.53. The lowest BCUT2D eigenvalue weighted by molar-refractivity contribution is -0.0293. The van der Waals surface area contributed by atoms with Gasteiger partial charge in [0.05, 0.1) is 19.3 Å². The summed E-state index contributed by atoms with van der Waals surface area (Å²) in [6.07, 6.45) is 4.95. The molecule has 1 aliphatic carbocycles. The second-order valence-electron chi connectivity index (χ2n) is 5.11. The van der Waals surface area contributed by atoms with Crippen molar-refractivity contribution >= 4 is 0 Å². The highest BCUT2D eigenvalue weighted by Gasteiger charge is 2.34. The van der Waals surface area contributed by atoms with Crippen molar-refractivity contribution in [3.05, 3.63) is 0 Å². The number of aliphatic hydroxyl groups is 1. The molecule has 0 amide bonds. The standard InChI is InChI=1S/C13H23NO2/c1-11(2)12-4-3-6-13(10-14,7-5-12)16-9-8-15/h11-12,15H,3-9H2,1-2H3. The average Bonchev–Trinajstić information content (AvgIpc) is 2.49. The molecule has 3 nitrogen and oxygen atoms in total. The lowest BCUT2D eigenvalue weighted by Crippen LogP contribution is -2.31. The average molecular weight is 225 g/mol. The monoisotopic (exact) mass is 225 g/mol. The van der Waals surface area contributed by atoms with Crippen LogP contribution in [0.4, 0.5) is 0 Å². The van der Waals surface area contributed by atoms with E-state index in [2.05, 4.69) is 19.9 Å². The third-order valence-electron chi connectivity index (χ3n) is 3.69. The minimum absolute atomic E-state index is 0.00294. The Bertz CT molecular complexity index is 247. The van der Waals surface area contributed by atoms with Gasteiger partial charge >= 0.3 is 0 Å². The second kappa shape index (κ2) is 6.22. The molecule has 1 fully saturated rings. The molecule has 0 saturated heterocycles. The quantitative estimate of drug-likeness (QED) is 0.748. The van der Waals surface area contributed by atoms with Crippen molar-refractivity contribution in [3.63, 3.8) is 0 Å². The number of nitriles is 1. The summed E-state index contributed by atoms with van der Waals surface area (Å²) in [5.74, 6) is 1.40. The van der Waals surface area contributed by atoms with Gasteiger partial charge in [0, 0.05) is 0 Å². The van der Waals surface area contributed by atoms with Crippen LogP contribution >= 0.6 is 0 Å². The van der Waals surface area contributed by atoms with Gasteiger partial charge in [-0.3, -0.25) is 0 Å². The molecule has 0 aromatic rings. The molecule has 0 bridgehead atoms. The summed E-state index contributed by atoms with van der Waals surface area (Å²) in [7, 11) is 0. The van der Waals surface area contributed by atoms with Crippen LogP contribution in [0, 0.1) is 23.2 Å². The highest BCUT2D eigenvalue weighted by Crippen LogP contribution is 2.35. The fourth-order valence-corrected chi connectivity index (χ4v) is 2.53. The number of hydrogen-bond donors (Lipinski definition) is 1. The minimum atomic E-state index is -0.633. The minimum Gasteiger partial charge on any atom is -0.394 e. The molecule has 0 spiro atoms. The summed E-state index contributed by atoms with van der Waals surface area (Å²) in [6.45, 7) is 4.77. The van der Waals surface area contributed by atoms with E-state index in [1.165, 1.54) is 6.42 Å². The van der Waals surface area contributed by atoms with E-state index in [0.29, 0.717) is 11.8 Å². The van der Waals surface area contributed by atoms with E-state index in [4.69, 9.17) is 9.84 Å². The largest absolute Gasteiger partial charge is 0.394 e. The van der Waals surface area contributed by atoms with Crippen LogP contribution in [0.2, 0.25) is 0 Å². The summed E-state index contributed by atoms with van der Waals surface area (Å²) in [6, 6.07) is 2.32. The number of aliphatic hydroxyl groups excluding tert-OH is 1. The molecule has 0 aliphatic heterocycles. The van der Waals surface area contributed by atoms with E-state index in [1.54, 1.807) is 0 Å². The molecular formula is C13H23NO2. The first kappa shape index (κ1) is 13.5. The number of hydrogen-bond acceptors (Lipinski definition) is 3. The Morgan fingerprint density at radius 3 is 2.75 bits per heavy atom. The number of nitrogens with zero attached hydrogens (tertiary/aromatic N) is 1. The third-order valence-corrected chi connectivity index (χ3v) is 3.69. The van der Waals surface area contributed by atoms with Crippen molar-refractivity contribution < 1.29 is 9.84 Å². The SMILES string of the molecule is CC(C)C1CCCC(C#N)(OCCO)CC1. The van der Waals surface area contributed by atoms with Crippen molar-refractivity contribution in [1.29, 1.82) is 5.26 Å². The van der Waals surface area contributed by atoms with Crippen LogP contribution in [0.1, 0.15) is 46.0 Å². The van der Waals surface area contributed by atoms with E-state index in [-0.39, 0.29) is 13.2 Å². The molecule has 3 heteroatoms. The molecule has 16 heavy (non-hydrogen) atoms. The predicted octanol–water partition coefficient (Wildman–Crippen LogP) is 2.49. The van der Waals surface area contributed by atoms with Crippen molar-refractivity contribution in [1.82, 2.24) is 0 Å². The first-order valence-electron chi connectivity index (χ1n) is 6.29. The Morgan fingerprint density at radius 2 is 2.19 bits per heavy atom. The predicted molar refractivity (Wildman–Crippen MR) is 62.8 cm³/mol. The Kier molecular flexibility index (Phi) is 5.24. The molecule has 2 unspecified atom stereocenters. The molecule has 92 valence electrons. The molecule has 0 aromatic heterocycles. The fraction of sp³-hybridized carbons (Fsp3) is 0.923. The van der Waals surface area contributed by atoms with Crippen LogP contribution in [0.3, 0.4) is 0 Å². The maximum absolute atomic E-state index is 9.26. The van der Waals surface area contributed by atoms with Gasteiger partial charge in [0.15, 0.2) is 5.60 Å². The van der Waals surface area contributed by atoms with E-state index >= 15 is 0 Å². The Balaban J connectivity index is 2.58. The van der Waals surface area contributed by atoms with Gasteiger partial charge in [0.25, 0.3) is 0 Å². The lowest BCUT2D eigenvalue weighted by atomic mass is 9.88. The van der Waals surface area contributed by atoms with Gasteiger partial charge in [-0.2, -0.15) is 5.26 Å². The number of ether oxygens (including phenoxy) is 1. The van der Waals surface area contributed by atoms with Crippen LogP contribution < -0.4 is 0 Å². The van der Waals surface area contributed by atoms with Crippen molar-refractivity contribution in [2.45, 2.75) is 51.6 Å². The third kappa shape index (κ3) is 3.47. The smallest absolute Gasteiger partial charge is 0.154 e. The van der Waals surface area contributed by atoms with Crippen LogP contribution in [-0.4, -0.2) is 23.9 Å². The van der Waals surface area contributed by atoms with Crippen LogP contribution in [0.15, 0.2) is 0 Å². The van der Waals surface area contributed by atoms with Gasteiger partial charge in [0.2, 0.25) is 0 Å². The molecule has 1 saturated carbocycles. The van der Waals surface area contributed by atoms with Gasteiger partial charge in [-0.15, -0.1) is 0 Å². The summed E-state index contributed by atoms with van der Waals surface area (Å²) >= 11 is 0. The zero-order valence-corrected chi connectivity index (χ0v) is 10.4. The normalized spacial score (nSPS) is 31.1. The molecule has 1 aliphatic rings. The lowest BCUT2D eigenvalue weighted by Gasteiger charge is -2.25. The molecule has 2 atom stereocenters. The highest BCUT2D eigenvalue weighted by molar-refractivity contribution is 5.03. The van der Waals surface area contributed by atoms with Crippen molar-refractivity contribution in [3.8, 4) is 6.07 Å². The molecule has 0 aromatic carbocycles. The van der Waals surface area contributed by atoms with E-state index < -0.39 is 5.60 Å². The Hall–Kier alpha value is -0.590. The maximum atomic E-state index is 9.26. The summed E-state index contributed by atoms with van der Waals surface area (Å²) < 4.78 is 5.57. The first-order chi connectivity index (χ1) is 7.63. The van der Waals surface area contributed by atoms with E-state index in [0.717, 1.165) is 25.7 Å². The maximum Gasteiger partial charge on any atom is 0.154 e. The number of rotatable bonds is 4. The van der Waals surface area contributed by atoms with Crippen molar-refractivity contribution in [2.75, 3.05) is 13.2 Å². The van der Waals surface area contributed by atoms with Crippen LogP contribution in [-0.2, 0) is 4.74 Å². The van der Waals surface area contributed by atoms with E-state index in [9.17, 15) is 5.26 Å². The second-order valence-corrected chi connectivity index (χ2v) is 5.11. The van der Waals surface area contributed by atoms with Gasteiger partial charge in [-0.05, 0) is 37.5 Å². The van der Waals surface area contributed by atoms with Crippen LogP contribution in [0.5, 0.6) is 0 Å². The Labute approximate surface area is 98.4 Å². The summed E-state index contributed by atoms with van der Waals surface area (Å²) in [5, 5.41) is 18.0. The van der Waals surface area contributed by atoms with Gasteiger partial charge in [0.1, 0.15) is 0 Å². The summed E-state index contributed by atoms with van der Waals surface area (Å²) in [4.78, 5) is 0. The zero-order valence-electron chi connectivity index (χ0n) is 10.4. The first-order valence-corrected chi connectivity index (χ1v) is 6.29. The van der Waals surface area contributed by atoms with Crippen molar-refractivity contribution in [2.24, 2.45) is 11.8 Å². The van der Waals surface area contributed by atoms with Gasteiger partial charge in [-0.1, -0.05) is 20.3 Å². The van der Waals surface area contributed by atoms with E-state index in [1.807, 2.05) is 0 Å². The molecule has 0 heterocycles. The zero-order chi connectivity index (χ0) is 12.0. The Morgan fingerprint density at radius 1 is 1.44 bits per heavy atom. The van der Waals surface area contributed by atoms with Gasteiger partial charge < -0.3 is 9.84 Å². The van der Waals surface area contributed by atoms with Gasteiger partial charge in [-0.25, -0.2) is 0 Å².